The van der Waals surface area contributed by atoms with Gasteiger partial charge in [0.25, 0.3) is 0 Å². The van der Waals surface area contributed by atoms with E-state index in [1.54, 1.807) is 0 Å². The average Bonchev–Trinajstić information content (AvgIpc) is 2.69. The van der Waals surface area contributed by atoms with Crippen molar-refractivity contribution in [1.29, 1.82) is 0 Å². The summed E-state index contributed by atoms with van der Waals surface area (Å²) < 4.78 is 0. The number of hydrogen-bond donors (Lipinski definition) is 0. The largest absolute Gasteiger partial charge is 0.306 e. The number of hydrogen-bond acceptors (Lipinski definition) is 5. The van der Waals surface area contributed by atoms with Gasteiger partial charge >= 0.3 is 0 Å². The van der Waals surface area contributed by atoms with Crippen LogP contribution in [-0.4, -0.2) is 86.0 Å². The van der Waals surface area contributed by atoms with Crippen LogP contribution < -0.4 is 0 Å². The predicted molar refractivity (Wildman–Crippen MR) is 174 cm³/mol. The van der Waals surface area contributed by atoms with Crippen LogP contribution in [0, 0.1) is 29.6 Å². The minimum atomic E-state index is 0.490. The van der Waals surface area contributed by atoms with Gasteiger partial charge in [-0.1, -0.05) is 69.2 Å². The first-order chi connectivity index (χ1) is 16.7. The summed E-state index contributed by atoms with van der Waals surface area (Å²) in [4.78, 5) is 7.10. The van der Waals surface area contributed by atoms with E-state index in [1.165, 1.54) is 19.6 Å². The van der Waals surface area contributed by atoms with Crippen molar-refractivity contribution >= 4 is 12.4 Å². The molecule has 0 atom stereocenters. The molecule has 0 aromatic rings. The summed E-state index contributed by atoms with van der Waals surface area (Å²) in [5, 5.41) is 7.71. The Bertz CT molecular complexity index is 471. The fraction of sp³-hybridized carbons (Fsp3) is 0.938. The summed E-state index contributed by atoms with van der Waals surface area (Å²) >= 11 is 0. The van der Waals surface area contributed by atoms with Crippen LogP contribution in [0.15, 0.2) is 10.2 Å². The Morgan fingerprint density at radius 2 is 0.757 bits per heavy atom. The quantitative estimate of drug-likeness (QED) is 0.189. The summed E-state index contributed by atoms with van der Waals surface area (Å²) in [5.74, 6) is 3.36. The molecule has 5 nitrogen and oxygen atoms in total. The maximum atomic E-state index is 3.86. The Labute approximate surface area is 236 Å². The summed E-state index contributed by atoms with van der Waals surface area (Å²) in [5.41, 5.74) is 0. The molecule has 0 saturated carbocycles. The first-order valence-corrected chi connectivity index (χ1v) is 14.9. The third-order valence-electron chi connectivity index (χ3n) is 5.31. The Balaban J connectivity index is -0.000000197. The van der Waals surface area contributed by atoms with Gasteiger partial charge in [0, 0.05) is 50.2 Å². The van der Waals surface area contributed by atoms with Crippen molar-refractivity contribution in [3.05, 3.63) is 0 Å². The van der Waals surface area contributed by atoms with Crippen LogP contribution in [-0.2, 0) is 0 Å². The van der Waals surface area contributed by atoms with Gasteiger partial charge in [0.15, 0.2) is 0 Å². The molecular formula is C32H73N5. The molecule has 226 valence electrons. The maximum absolute atomic E-state index is 3.86. The van der Waals surface area contributed by atoms with E-state index in [4.69, 9.17) is 0 Å². The number of rotatable bonds is 12. The molecule has 0 fully saturated rings. The summed E-state index contributed by atoms with van der Waals surface area (Å²) in [6.07, 6.45) is 3.66. The van der Waals surface area contributed by atoms with Crippen LogP contribution in [0.5, 0.6) is 0 Å². The highest BCUT2D eigenvalue weighted by molar-refractivity contribution is 5.63. The lowest BCUT2D eigenvalue weighted by Crippen LogP contribution is -2.32. The SMILES string of the molecule is CC(C)/C=N/N=C/C(C)C.CC(C)CN(C)C(C)C.CC(C)CN(C)CC(C)C.CC(C)N(C)C(C)C. The molecule has 0 aliphatic heterocycles. The van der Waals surface area contributed by atoms with Crippen LogP contribution in [0.1, 0.15) is 111 Å². The predicted octanol–water partition coefficient (Wildman–Crippen LogP) is 8.30. The normalized spacial score (nSPS) is 12.3. The van der Waals surface area contributed by atoms with Gasteiger partial charge in [0.1, 0.15) is 0 Å². The minimum Gasteiger partial charge on any atom is -0.306 e. The summed E-state index contributed by atoms with van der Waals surface area (Å²) in [7, 11) is 6.51. The molecule has 5 heteroatoms. The molecule has 0 N–H and O–H groups in total. The van der Waals surface area contributed by atoms with E-state index in [0.29, 0.717) is 30.0 Å². The standard InChI is InChI=1S/C9H21N.C8H16N2.C8H19N.C7H17N/c1-8(2)6-10(5)7-9(3)4;1-7(2)5-9-10-6-8(3)4;1-7(2)6-9(5)8(3)4;1-6(2)8(5)7(3)4/h8-9H,6-7H2,1-5H3;5-8H,1-4H3;7-8H,6H2,1-5H3;6-7H,1-5H3/b;9-5+,10-6+;;. The van der Waals surface area contributed by atoms with Crippen molar-refractivity contribution in [3.8, 4) is 0 Å². The lowest BCUT2D eigenvalue weighted by molar-refractivity contribution is 0.222. The first-order valence-electron chi connectivity index (χ1n) is 14.9. The molecule has 0 rings (SSSR count). The second-order valence-corrected chi connectivity index (χ2v) is 13.3. The highest BCUT2D eigenvalue weighted by atomic mass is 15.2. The topological polar surface area (TPSA) is 34.4 Å². The van der Waals surface area contributed by atoms with Gasteiger partial charge in [0.2, 0.25) is 0 Å². The highest BCUT2D eigenvalue weighted by Gasteiger charge is 2.05. The van der Waals surface area contributed by atoms with Crippen molar-refractivity contribution < 1.29 is 0 Å². The molecule has 0 aliphatic carbocycles. The van der Waals surface area contributed by atoms with E-state index < -0.39 is 0 Å². The second kappa shape index (κ2) is 26.8. The molecule has 0 bridgehead atoms. The Morgan fingerprint density at radius 3 is 0.892 bits per heavy atom. The monoisotopic (exact) mass is 528 g/mol. The van der Waals surface area contributed by atoms with Crippen molar-refractivity contribution in [2.45, 2.75) is 129 Å². The molecule has 0 spiro atoms. The van der Waals surface area contributed by atoms with Crippen molar-refractivity contribution in [2.24, 2.45) is 39.8 Å². The zero-order valence-electron chi connectivity index (χ0n) is 29.1. The van der Waals surface area contributed by atoms with Gasteiger partial charge < -0.3 is 14.7 Å². The molecule has 0 heterocycles. The van der Waals surface area contributed by atoms with Crippen LogP contribution in [0.2, 0.25) is 0 Å². The lowest BCUT2D eigenvalue weighted by Gasteiger charge is -2.24. The zero-order valence-corrected chi connectivity index (χ0v) is 29.1. The van der Waals surface area contributed by atoms with Gasteiger partial charge in [-0.15, -0.1) is 0 Å². The molecule has 0 aromatic carbocycles. The van der Waals surface area contributed by atoms with Gasteiger partial charge in [-0.2, -0.15) is 10.2 Å². The van der Waals surface area contributed by atoms with Crippen LogP contribution in [0.3, 0.4) is 0 Å². The van der Waals surface area contributed by atoms with Crippen molar-refractivity contribution in [2.75, 3.05) is 40.8 Å². The van der Waals surface area contributed by atoms with E-state index in [2.05, 4.69) is 157 Å². The Hall–Kier alpha value is -0.780. The molecule has 0 radical (unpaired) electrons. The van der Waals surface area contributed by atoms with E-state index in [1.807, 2.05) is 12.4 Å². The average molecular weight is 528 g/mol. The summed E-state index contributed by atoms with van der Waals surface area (Å²) in [6.45, 7) is 38.8. The zero-order chi connectivity index (χ0) is 30.3. The highest BCUT2D eigenvalue weighted by Crippen LogP contribution is 2.01. The molecule has 0 unspecified atom stereocenters. The van der Waals surface area contributed by atoms with Gasteiger partial charge in [-0.25, -0.2) is 0 Å². The van der Waals surface area contributed by atoms with E-state index in [0.717, 1.165) is 17.8 Å². The van der Waals surface area contributed by atoms with Crippen LogP contribution >= 0.6 is 0 Å². The number of nitrogens with zero attached hydrogens (tertiary/aromatic N) is 5. The lowest BCUT2D eigenvalue weighted by atomic mass is 10.1. The Kier molecular flexibility index (Phi) is 31.4. The molecular weight excluding hydrogens is 454 g/mol. The Morgan fingerprint density at radius 1 is 0.459 bits per heavy atom. The smallest absolute Gasteiger partial charge is 0.0295 e. The van der Waals surface area contributed by atoms with Gasteiger partial charge in [-0.05, 0) is 92.3 Å². The van der Waals surface area contributed by atoms with Crippen molar-refractivity contribution in [3.63, 3.8) is 0 Å². The second-order valence-electron chi connectivity index (χ2n) is 13.3. The molecule has 0 saturated heterocycles. The van der Waals surface area contributed by atoms with Crippen LogP contribution in [0.25, 0.3) is 0 Å². The van der Waals surface area contributed by atoms with Gasteiger partial charge in [0.05, 0.1) is 0 Å². The molecule has 37 heavy (non-hydrogen) atoms. The maximum Gasteiger partial charge on any atom is 0.0295 e. The fourth-order valence-corrected chi connectivity index (χ4v) is 3.05. The first kappa shape index (κ1) is 43.3. The third kappa shape index (κ3) is 42.6. The van der Waals surface area contributed by atoms with Crippen LogP contribution in [0.4, 0.5) is 0 Å². The molecule has 0 aromatic heterocycles. The minimum absolute atomic E-state index is 0.490. The summed E-state index contributed by atoms with van der Waals surface area (Å²) in [6, 6.07) is 2.04. The third-order valence-corrected chi connectivity index (χ3v) is 5.31. The van der Waals surface area contributed by atoms with E-state index >= 15 is 0 Å². The van der Waals surface area contributed by atoms with E-state index in [-0.39, 0.29) is 0 Å². The molecule has 0 aliphatic rings. The molecule has 0 amide bonds. The fourth-order valence-electron chi connectivity index (χ4n) is 3.05. The van der Waals surface area contributed by atoms with E-state index in [9.17, 15) is 0 Å². The van der Waals surface area contributed by atoms with Gasteiger partial charge in [-0.3, -0.25) is 0 Å². The van der Waals surface area contributed by atoms with Crippen molar-refractivity contribution in [1.82, 2.24) is 14.7 Å².